The van der Waals surface area contributed by atoms with Crippen molar-refractivity contribution in [2.45, 2.75) is 13.3 Å². The maximum Gasteiger partial charge on any atom is 0.236 e. The van der Waals surface area contributed by atoms with Crippen LogP contribution in [0.3, 0.4) is 0 Å². The molecule has 1 aliphatic heterocycles. The van der Waals surface area contributed by atoms with Crippen molar-refractivity contribution in [1.82, 2.24) is 0 Å². The van der Waals surface area contributed by atoms with Gasteiger partial charge in [0.25, 0.3) is 0 Å². The molecule has 0 unspecified atom stereocenters. The van der Waals surface area contributed by atoms with Gasteiger partial charge in [0, 0.05) is 0 Å². The van der Waals surface area contributed by atoms with E-state index in [1.807, 2.05) is 37.3 Å². The second-order valence-corrected chi connectivity index (χ2v) is 4.49. The van der Waals surface area contributed by atoms with Crippen molar-refractivity contribution in [2.24, 2.45) is 0 Å². The molecule has 0 saturated heterocycles. The normalized spacial score (nSPS) is 13.9. The van der Waals surface area contributed by atoms with Crippen LogP contribution in [0.4, 0.5) is 15.8 Å². The van der Waals surface area contributed by atoms with Gasteiger partial charge >= 0.3 is 0 Å². The molecule has 1 heterocycles. The standard InChI is InChI=1S/C15H12FNO/c1-10-6-7-14(12(16)8-10)17-13-5-3-2-4-11(13)9-15(17)18/h2-8H,9H2,1H3. The number of hydrogen-bond donors (Lipinski definition) is 0. The number of amides is 1. The summed E-state index contributed by atoms with van der Waals surface area (Å²) >= 11 is 0. The highest BCUT2D eigenvalue weighted by Gasteiger charge is 2.29. The highest BCUT2D eigenvalue weighted by molar-refractivity contribution is 6.07. The molecular formula is C15H12FNO. The lowest BCUT2D eigenvalue weighted by Gasteiger charge is -2.18. The molecule has 0 radical (unpaired) electrons. The van der Waals surface area contributed by atoms with E-state index in [-0.39, 0.29) is 11.7 Å². The number of nitrogens with zero attached hydrogens (tertiary/aromatic N) is 1. The van der Waals surface area contributed by atoms with Crippen molar-refractivity contribution >= 4 is 17.3 Å². The van der Waals surface area contributed by atoms with E-state index >= 15 is 0 Å². The monoisotopic (exact) mass is 241 g/mol. The summed E-state index contributed by atoms with van der Waals surface area (Å²) in [5, 5.41) is 0. The molecule has 2 aromatic carbocycles. The summed E-state index contributed by atoms with van der Waals surface area (Å²) < 4.78 is 14.0. The predicted octanol–water partition coefficient (Wildman–Crippen LogP) is 3.35. The van der Waals surface area contributed by atoms with Gasteiger partial charge in [-0.1, -0.05) is 24.3 Å². The van der Waals surface area contributed by atoms with Gasteiger partial charge in [-0.2, -0.15) is 0 Å². The van der Waals surface area contributed by atoms with Gasteiger partial charge in [-0.05, 0) is 36.2 Å². The Hall–Kier alpha value is -2.16. The quantitative estimate of drug-likeness (QED) is 0.749. The molecule has 3 heteroatoms. The summed E-state index contributed by atoms with van der Waals surface area (Å²) in [6, 6.07) is 12.4. The summed E-state index contributed by atoms with van der Waals surface area (Å²) in [4.78, 5) is 13.5. The number of anilines is 2. The lowest BCUT2D eigenvalue weighted by Crippen LogP contribution is -2.21. The Morgan fingerprint density at radius 2 is 1.89 bits per heavy atom. The molecule has 0 atom stereocenters. The topological polar surface area (TPSA) is 20.3 Å². The van der Waals surface area contributed by atoms with E-state index in [9.17, 15) is 9.18 Å². The van der Waals surface area contributed by atoms with Crippen LogP contribution < -0.4 is 4.90 Å². The summed E-state index contributed by atoms with van der Waals surface area (Å²) in [5.74, 6) is -0.445. The maximum atomic E-state index is 14.0. The molecule has 18 heavy (non-hydrogen) atoms. The van der Waals surface area contributed by atoms with E-state index in [1.165, 1.54) is 11.0 Å². The number of benzene rings is 2. The van der Waals surface area contributed by atoms with E-state index in [0.717, 1.165) is 16.8 Å². The zero-order chi connectivity index (χ0) is 12.7. The number of hydrogen-bond acceptors (Lipinski definition) is 1. The van der Waals surface area contributed by atoms with Gasteiger partial charge in [0.05, 0.1) is 17.8 Å². The fourth-order valence-electron chi connectivity index (χ4n) is 2.31. The summed E-state index contributed by atoms with van der Waals surface area (Å²) in [5.41, 5.74) is 2.90. The maximum absolute atomic E-state index is 14.0. The van der Waals surface area contributed by atoms with Crippen LogP contribution in [0.1, 0.15) is 11.1 Å². The molecular weight excluding hydrogens is 229 g/mol. The largest absolute Gasteiger partial charge is 0.278 e. The minimum atomic E-state index is -0.361. The van der Waals surface area contributed by atoms with Crippen molar-refractivity contribution < 1.29 is 9.18 Å². The van der Waals surface area contributed by atoms with Gasteiger partial charge in [-0.15, -0.1) is 0 Å². The average molecular weight is 241 g/mol. The molecule has 0 aliphatic carbocycles. The van der Waals surface area contributed by atoms with Gasteiger partial charge in [0.1, 0.15) is 5.82 Å². The predicted molar refractivity (Wildman–Crippen MR) is 68.4 cm³/mol. The lowest BCUT2D eigenvalue weighted by atomic mass is 10.1. The van der Waals surface area contributed by atoms with Crippen molar-refractivity contribution in [1.29, 1.82) is 0 Å². The molecule has 90 valence electrons. The number of fused-ring (bicyclic) bond motifs is 1. The zero-order valence-corrected chi connectivity index (χ0v) is 9.98. The van der Waals surface area contributed by atoms with Crippen LogP contribution in [-0.4, -0.2) is 5.91 Å². The molecule has 0 bridgehead atoms. The van der Waals surface area contributed by atoms with Gasteiger partial charge in [-0.3, -0.25) is 9.69 Å². The van der Waals surface area contributed by atoms with Crippen molar-refractivity contribution in [3.8, 4) is 0 Å². The van der Waals surface area contributed by atoms with Crippen LogP contribution in [0.25, 0.3) is 0 Å². The average Bonchev–Trinajstić information content (AvgIpc) is 2.66. The third kappa shape index (κ3) is 1.59. The van der Waals surface area contributed by atoms with E-state index in [2.05, 4.69) is 0 Å². The second kappa shape index (κ2) is 3.95. The van der Waals surface area contributed by atoms with Crippen molar-refractivity contribution in [3.05, 3.63) is 59.4 Å². The smallest absolute Gasteiger partial charge is 0.236 e. The van der Waals surface area contributed by atoms with Gasteiger partial charge in [0.15, 0.2) is 0 Å². The van der Waals surface area contributed by atoms with Crippen molar-refractivity contribution in [3.63, 3.8) is 0 Å². The highest BCUT2D eigenvalue weighted by Crippen LogP contribution is 2.36. The number of carbonyl (C=O) groups excluding carboxylic acids is 1. The molecule has 2 nitrogen and oxygen atoms in total. The zero-order valence-electron chi connectivity index (χ0n) is 9.98. The van der Waals surface area contributed by atoms with Crippen LogP contribution >= 0.6 is 0 Å². The van der Waals surface area contributed by atoms with E-state index in [4.69, 9.17) is 0 Å². The van der Waals surface area contributed by atoms with Crippen LogP contribution in [0.2, 0.25) is 0 Å². The van der Waals surface area contributed by atoms with E-state index in [0.29, 0.717) is 12.1 Å². The molecule has 3 rings (SSSR count). The summed E-state index contributed by atoms with van der Waals surface area (Å²) in [6.07, 6.45) is 0.337. The minimum Gasteiger partial charge on any atom is -0.278 e. The molecule has 0 fully saturated rings. The molecule has 0 saturated carbocycles. The Balaban J connectivity index is 2.15. The molecule has 0 aromatic heterocycles. The first-order chi connectivity index (χ1) is 8.66. The molecule has 0 spiro atoms. The molecule has 1 amide bonds. The number of para-hydroxylation sites is 1. The lowest BCUT2D eigenvalue weighted by molar-refractivity contribution is -0.116. The van der Waals surface area contributed by atoms with Crippen LogP contribution in [-0.2, 0) is 11.2 Å². The first kappa shape index (κ1) is 11.0. The van der Waals surface area contributed by atoms with Crippen LogP contribution in [0, 0.1) is 12.7 Å². The van der Waals surface area contributed by atoms with Crippen LogP contribution in [0.15, 0.2) is 42.5 Å². The SMILES string of the molecule is Cc1ccc(N2C(=O)Cc3ccccc32)c(F)c1. The summed E-state index contributed by atoms with van der Waals surface area (Å²) in [7, 11) is 0. The minimum absolute atomic E-state index is 0.0843. The third-order valence-electron chi connectivity index (χ3n) is 3.17. The fourth-order valence-corrected chi connectivity index (χ4v) is 2.31. The Labute approximate surface area is 105 Å². The molecule has 0 N–H and O–H groups in total. The number of aryl methyl sites for hydroxylation is 1. The number of carbonyl (C=O) groups is 1. The fraction of sp³-hybridized carbons (Fsp3) is 0.133. The molecule has 2 aromatic rings. The first-order valence-corrected chi connectivity index (χ1v) is 5.84. The molecule has 1 aliphatic rings. The van der Waals surface area contributed by atoms with Crippen molar-refractivity contribution in [2.75, 3.05) is 4.90 Å². The Kier molecular flexibility index (Phi) is 2.40. The second-order valence-electron chi connectivity index (χ2n) is 4.49. The Bertz CT molecular complexity index is 636. The van der Waals surface area contributed by atoms with Gasteiger partial charge in [-0.25, -0.2) is 4.39 Å². The van der Waals surface area contributed by atoms with Gasteiger partial charge in [0.2, 0.25) is 5.91 Å². The van der Waals surface area contributed by atoms with Crippen LogP contribution in [0.5, 0.6) is 0 Å². The third-order valence-corrected chi connectivity index (χ3v) is 3.17. The number of halogens is 1. The number of rotatable bonds is 1. The highest BCUT2D eigenvalue weighted by atomic mass is 19.1. The van der Waals surface area contributed by atoms with E-state index in [1.54, 1.807) is 6.07 Å². The Morgan fingerprint density at radius 3 is 2.67 bits per heavy atom. The van der Waals surface area contributed by atoms with Gasteiger partial charge < -0.3 is 0 Å². The first-order valence-electron chi connectivity index (χ1n) is 5.84. The Morgan fingerprint density at radius 1 is 1.11 bits per heavy atom. The summed E-state index contributed by atoms with van der Waals surface area (Å²) in [6.45, 7) is 1.83. The van der Waals surface area contributed by atoms with E-state index < -0.39 is 0 Å².